The van der Waals surface area contributed by atoms with E-state index in [1.165, 1.54) is 50.1 Å². The molecule has 0 fully saturated rings. The molecule has 0 saturated carbocycles. The van der Waals surface area contributed by atoms with Crippen molar-refractivity contribution >= 4 is 0 Å². The number of aromatic nitrogens is 1. The average Bonchev–Trinajstić information content (AvgIpc) is 3.56. The van der Waals surface area contributed by atoms with Crippen molar-refractivity contribution < 1.29 is 9.47 Å². The molecule has 1 unspecified atom stereocenters. The lowest BCUT2D eigenvalue weighted by Crippen LogP contribution is -2.35. The maximum atomic E-state index is 7.04. The molecule has 0 amide bonds. The van der Waals surface area contributed by atoms with Crippen LogP contribution in [-0.2, 0) is 11.8 Å². The van der Waals surface area contributed by atoms with E-state index >= 15 is 0 Å². The van der Waals surface area contributed by atoms with Gasteiger partial charge in [-0.3, -0.25) is 0 Å². The largest absolute Gasteiger partial charge is 0.457 e. The van der Waals surface area contributed by atoms with Gasteiger partial charge in [0.15, 0.2) is 5.75 Å². The van der Waals surface area contributed by atoms with Gasteiger partial charge in [-0.2, -0.15) is 0 Å². The van der Waals surface area contributed by atoms with Crippen LogP contribution in [0.15, 0.2) is 176 Å². The van der Waals surface area contributed by atoms with Crippen molar-refractivity contribution in [1.82, 2.24) is 4.57 Å². The molecule has 2 aliphatic heterocycles. The van der Waals surface area contributed by atoms with E-state index in [-0.39, 0.29) is 7.43 Å². The van der Waals surface area contributed by atoms with Crippen molar-refractivity contribution in [3.05, 3.63) is 198 Å². The third kappa shape index (κ3) is 4.20. The lowest BCUT2D eigenvalue weighted by Gasteiger charge is -2.41. The molecule has 3 aliphatic rings. The standard InChI is InChI=1S/C48H31NO2.CH4/c1-10-25-44-31(14-1)28-48(40-21-8-11-26-45(40)50-44)41-22-9-12-27-46(41)51-47-42(48)23-13-24-43(47)49-29-38-36-19-6-4-17-34(36)32-15-2-3-16-33(32)35-18-5-7-20-37(35)39(38)30-49;/h1-27,29-30H,28H2;1H4. The van der Waals surface area contributed by atoms with E-state index in [4.69, 9.17) is 9.47 Å². The van der Waals surface area contributed by atoms with Crippen LogP contribution < -0.4 is 9.47 Å². The van der Waals surface area contributed by atoms with Crippen LogP contribution in [0.4, 0.5) is 0 Å². The summed E-state index contributed by atoms with van der Waals surface area (Å²) in [4.78, 5) is 0. The van der Waals surface area contributed by atoms with Crippen LogP contribution >= 0.6 is 0 Å². The predicted octanol–water partition coefficient (Wildman–Crippen LogP) is 12.9. The highest BCUT2D eigenvalue weighted by atomic mass is 16.5. The fourth-order valence-electron chi connectivity index (χ4n) is 8.85. The zero-order valence-corrected chi connectivity index (χ0v) is 27.7. The maximum Gasteiger partial charge on any atom is 0.155 e. The molecular weight excluding hydrogens is 635 g/mol. The van der Waals surface area contributed by atoms with Gasteiger partial charge in [0.1, 0.15) is 17.2 Å². The second-order valence-corrected chi connectivity index (χ2v) is 13.7. The third-order valence-electron chi connectivity index (χ3n) is 11.1. The smallest absolute Gasteiger partial charge is 0.155 e. The van der Waals surface area contributed by atoms with Gasteiger partial charge in [-0.15, -0.1) is 0 Å². The summed E-state index contributed by atoms with van der Waals surface area (Å²) in [5, 5.41) is 0. The first kappa shape index (κ1) is 30.3. The van der Waals surface area contributed by atoms with Crippen LogP contribution in [0.2, 0.25) is 0 Å². The van der Waals surface area contributed by atoms with Crippen molar-refractivity contribution in [1.29, 1.82) is 0 Å². The van der Waals surface area contributed by atoms with Crippen LogP contribution in [0.5, 0.6) is 23.0 Å². The van der Waals surface area contributed by atoms with Crippen LogP contribution in [0.1, 0.15) is 29.7 Å². The molecule has 1 aromatic heterocycles. The Bertz CT molecular complexity index is 2620. The summed E-state index contributed by atoms with van der Waals surface area (Å²) in [6, 6.07) is 58.5. The monoisotopic (exact) mass is 669 g/mol. The molecule has 7 aromatic carbocycles. The Labute approximate surface area is 304 Å². The molecule has 11 rings (SSSR count). The average molecular weight is 670 g/mol. The molecule has 0 saturated heterocycles. The van der Waals surface area contributed by atoms with Crippen LogP contribution in [0.25, 0.3) is 50.2 Å². The zero-order chi connectivity index (χ0) is 33.5. The molecular formula is C49H35NO2. The first-order valence-electron chi connectivity index (χ1n) is 17.5. The molecule has 1 aliphatic carbocycles. The summed E-state index contributed by atoms with van der Waals surface area (Å²) in [5.74, 6) is 3.49. The summed E-state index contributed by atoms with van der Waals surface area (Å²) in [6.45, 7) is 0. The highest BCUT2D eigenvalue weighted by Gasteiger charge is 2.48. The minimum Gasteiger partial charge on any atom is -0.457 e. The fourth-order valence-corrected chi connectivity index (χ4v) is 8.85. The highest BCUT2D eigenvalue weighted by Crippen LogP contribution is 2.59. The van der Waals surface area contributed by atoms with Gasteiger partial charge in [-0.25, -0.2) is 0 Å². The van der Waals surface area contributed by atoms with Gasteiger partial charge in [0.05, 0.1) is 11.1 Å². The second kappa shape index (κ2) is 11.5. The topological polar surface area (TPSA) is 23.4 Å². The van der Waals surface area contributed by atoms with Crippen molar-refractivity contribution in [2.75, 3.05) is 0 Å². The Balaban J connectivity index is 0.00000338. The first-order valence-corrected chi connectivity index (χ1v) is 17.5. The normalized spacial score (nSPS) is 15.5. The Morgan fingerprint density at radius 1 is 0.385 bits per heavy atom. The van der Waals surface area contributed by atoms with E-state index in [0.29, 0.717) is 0 Å². The number of para-hydroxylation sites is 4. The van der Waals surface area contributed by atoms with Gasteiger partial charge < -0.3 is 14.0 Å². The maximum absolute atomic E-state index is 7.04. The van der Waals surface area contributed by atoms with Gasteiger partial charge in [-0.05, 0) is 69.6 Å². The molecule has 248 valence electrons. The first-order chi connectivity index (χ1) is 25.3. The quantitative estimate of drug-likeness (QED) is 0.174. The lowest BCUT2D eigenvalue weighted by atomic mass is 9.64. The molecule has 8 aromatic rings. The molecule has 0 radical (unpaired) electrons. The van der Waals surface area contributed by atoms with E-state index in [2.05, 4.69) is 181 Å². The summed E-state index contributed by atoms with van der Waals surface area (Å²) < 4.78 is 16.0. The Morgan fingerprint density at radius 3 is 1.37 bits per heavy atom. The summed E-state index contributed by atoms with van der Waals surface area (Å²) in [5.41, 5.74) is 14.8. The molecule has 52 heavy (non-hydrogen) atoms. The van der Waals surface area contributed by atoms with Gasteiger partial charge >= 0.3 is 0 Å². The van der Waals surface area contributed by atoms with Gasteiger partial charge in [0, 0.05) is 40.2 Å². The molecule has 3 heteroatoms. The lowest BCUT2D eigenvalue weighted by molar-refractivity contribution is 0.413. The third-order valence-corrected chi connectivity index (χ3v) is 11.1. The summed E-state index contributed by atoms with van der Waals surface area (Å²) >= 11 is 0. The highest BCUT2D eigenvalue weighted by molar-refractivity contribution is 6.03. The predicted molar refractivity (Wildman–Crippen MR) is 211 cm³/mol. The summed E-state index contributed by atoms with van der Waals surface area (Å²) in [7, 11) is 0. The molecule has 0 bridgehead atoms. The van der Waals surface area contributed by atoms with Crippen molar-refractivity contribution in [3.63, 3.8) is 0 Å². The fraction of sp³-hybridized carbons (Fsp3) is 0.0612. The van der Waals surface area contributed by atoms with E-state index in [0.717, 1.165) is 51.8 Å². The Hall–Kier alpha value is -6.58. The summed E-state index contributed by atoms with van der Waals surface area (Å²) in [6.07, 6.45) is 5.33. The number of benzene rings is 7. The molecule has 0 N–H and O–H groups in total. The number of hydrogen-bond acceptors (Lipinski definition) is 2. The minimum atomic E-state index is -0.550. The Kier molecular flexibility index (Phi) is 6.68. The molecule has 3 nitrogen and oxygen atoms in total. The van der Waals surface area contributed by atoms with Gasteiger partial charge in [0.25, 0.3) is 0 Å². The van der Waals surface area contributed by atoms with E-state index in [1.54, 1.807) is 0 Å². The SMILES string of the molecule is C.c1ccc2c(c1)CC1(c3ccccc3O2)c2ccccc2Oc2c(-n3cc4c(c3)-c3ccccc3-c3ccccc3-c3ccccc3-4)cccc21. The van der Waals surface area contributed by atoms with Crippen LogP contribution in [0.3, 0.4) is 0 Å². The number of fused-ring (bicyclic) bond motifs is 15. The van der Waals surface area contributed by atoms with Crippen LogP contribution in [0, 0.1) is 0 Å². The van der Waals surface area contributed by atoms with Crippen molar-refractivity contribution in [3.8, 4) is 73.2 Å². The van der Waals surface area contributed by atoms with E-state index in [1.807, 2.05) is 0 Å². The number of rotatable bonds is 1. The van der Waals surface area contributed by atoms with E-state index in [9.17, 15) is 0 Å². The Morgan fingerprint density at radius 2 is 0.808 bits per heavy atom. The molecule has 3 heterocycles. The number of hydrogen-bond donors (Lipinski definition) is 0. The minimum absolute atomic E-state index is 0. The van der Waals surface area contributed by atoms with E-state index < -0.39 is 5.41 Å². The molecule has 1 atom stereocenters. The number of nitrogens with zero attached hydrogens (tertiary/aromatic N) is 1. The number of ether oxygens (including phenoxy) is 2. The van der Waals surface area contributed by atoms with Crippen molar-refractivity contribution in [2.24, 2.45) is 0 Å². The molecule has 1 spiro atoms. The second-order valence-electron chi connectivity index (χ2n) is 13.7. The van der Waals surface area contributed by atoms with Gasteiger partial charge in [0.2, 0.25) is 0 Å². The zero-order valence-electron chi connectivity index (χ0n) is 27.7. The van der Waals surface area contributed by atoms with Crippen molar-refractivity contribution in [2.45, 2.75) is 19.3 Å². The van der Waals surface area contributed by atoms with Crippen LogP contribution in [-0.4, -0.2) is 4.57 Å². The van der Waals surface area contributed by atoms with Gasteiger partial charge in [-0.1, -0.05) is 147 Å².